The Hall–Kier alpha value is -0.350. The van der Waals surface area contributed by atoms with Crippen LogP contribution in [0.4, 0.5) is 0 Å². The first-order valence-electron chi connectivity index (χ1n) is 5.18. The van der Waals surface area contributed by atoms with Gasteiger partial charge in [0.2, 0.25) is 0 Å². The van der Waals surface area contributed by atoms with E-state index >= 15 is 0 Å². The van der Waals surface area contributed by atoms with Gasteiger partial charge in [0.25, 0.3) is 0 Å². The second kappa shape index (κ2) is 4.03. The Labute approximate surface area is 93.0 Å². The van der Waals surface area contributed by atoms with Crippen LogP contribution in [-0.2, 0) is 13.5 Å². The predicted molar refractivity (Wildman–Crippen MR) is 60.3 cm³/mol. The lowest BCUT2D eigenvalue weighted by molar-refractivity contribution is 0.571. The molecule has 1 aliphatic heterocycles. The van der Waals surface area contributed by atoms with Crippen LogP contribution in [0.5, 0.6) is 0 Å². The molecule has 1 N–H and O–H groups in total. The van der Waals surface area contributed by atoms with Crippen LogP contribution in [0.3, 0.4) is 0 Å². The van der Waals surface area contributed by atoms with E-state index in [-0.39, 0.29) is 0 Å². The number of halogens is 1. The second-order valence-corrected chi connectivity index (χ2v) is 4.57. The highest BCUT2D eigenvalue weighted by molar-refractivity contribution is 9.10. The van der Waals surface area contributed by atoms with Crippen molar-refractivity contribution in [3.05, 3.63) is 15.9 Å². The van der Waals surface area contributed by atoms with Gasteiger partial charge in [-0.1, -0.05) is 6.92 Å². The van der Waals surface area contributed by atoms with Crippen LogP contribution in [0, 0.1) is 0 Å². The van der Waals surface area contributed by atoms with E-state index < -0.39 is 0 Å². The Bertz CT molecular complexity index is 326. The van der Waals surface area contributed by atoms with Gasteiger partial charge in [-0.25, -0.2) is 0 Å². The molecule has 3 nitrogen and oxygen atoms in total. The fourth-order valence-corrected chi connectivity index (χ4v) is 2.98. The summed E-state index contributed by atoms with van der Waals surface area (Å²) in [6, 6.07) is 0.488. The van der Waals surface area contributed by atoms with Crippen molar-refractivity contribution in [3.8, 4) is 0 Å². The Morgan fingerprint density at radius 3 is 2.93 bits per heavy atom. The molecule has 1 atom stereocenters. The molecular weight excluding hydrogens is 242 g/mol. The van der Waals surface area contributed by atoms with Crippen LogP contribution in [0.25, 0.3) is 0 Å². The van der Waals surface area contributed by atoms with Crippen molar-refractivity contribution in [1.29, 1.82) is 0 Å². The third-order valence-corrected chi connectivity index (χ3v) is 3.69. The maximum absolute atomic E-state index is 4.50. The van der Waals surface area contributed by atoms with Crippen molar-refractivity contribution in [1.82, 2.24) is 15.1 Å². The van der Waals surface area contributed by atoms with Gasteiger partial charge in [-0.2, -0.15) is 5.10 Å². The number of hydrogen-bond donors (Lipinski definition) is 1. The fourth-order valence-electron chi connectivity index (χ4n) is 2.09. The molecule has 78 valence electrons. The summed E-state index contributed by atoms with van der Waals surface area (Å²) in [6.45, 7) is 3.27. The van der Waals surface area contributed by atoms with Crippen molar-refractivity contribution >= 4 is 15.9 Å². The third-order valence-electron chi connectivity index (χ3n) is 2.82. The molecule has 0 aliphatic carbocycles. The van der Waals surface area contributed by atoms with Gasteiger partial charge in [0.05, 0.1) is 21.9 Å². The topological polar surface area (TPSA) is 29.9 Å². The molecule has 0 bridgehead atoms. The predicted octanol–water partition coefficient (Wildman–Crippen LogP) is 2.17. The lowest BCUT2D eigenvalue weighted by atomic mass is 10.1. The van der Waals surface area contributed by atoms with E-state index in [9.17, 15) is 0 Å². The Balaban J connectivity index is 2.35. The van der Waals surface area contributed by atoms with Gasteiger partial charge in [0.1, 0.15) is 0 Å². The molecule has 0 aromatic carbocycles. The number of hydrogen-bond acceptors (Lipinski definition) is 2. The van der Waals surface area contributed by atoms with Gasteiger partial charge in [-0.15, -0.1) is 0 Å². The van der Waals surface area contributed by atoms with E-state index in [1.807, 2.05) is 11.7 Å². The number of rotatable bonds is 2. The minimum Gasteiger partial charge on any atom is -0.309 e. The first kappa shape index (κ1) is 10.2. The van der Waals surface area contributed by atoms with Gasteiger partial charge in [0.15, 0.2) is 0 Å². The number of nitrogens with zero attached hydrogens (tertiary/aromatic N) is 2. The standard InChI is InChI=1S/C10H16BrN3/c1-3-7-9(11)10(14(2)13-7)8-5-4-6-12-8/h8,12H,3-6H2,1-2H3. The summed E-state index contributed by atoms with van der Waals surface area (Å²) in [5.41, 5.74) is 2.47. The fraction of sp³-hybridized carbons (Fsp3) is 0.700. The molecule has 1 aromatic heterocycles. The van der Waals surface area contributed by atoms with E-state index in [2.05, 4.69) is 33.3 Å². The van der Waals surface area contributed by atoms with E-state index in [0.29, 0.717) is 6.04 Å². The molecular formula is C10H16BrN3. The van der Waals surface area contributed by atoms with E-state index in [0.717, 1.165) is 18.7 Å². The molecule has 1 saturated heterocycles. The van der Waals surface area contributed by atoms with Gasteiger partial charge < -0.3 is 5.32 Å². The van der Waals surface area contributed by atoms with Gasteiger partial charge in [-0.3, -0.25) is 4.68 Å². The highest BCUT2D eigenvalue weighted by Gasteiger charge is 2.23. The van der Waals surface area contributed by atoms with Crippen LogP contribution in [0.1, 0.15) is 37.2 Å². The maximum atomic E-state index is 4.50. The summed E-state index contributed by atoms with van der Waals surface area (Å²) >= 11 is 3.65. The Morgan fingerprint density at radius 2 is 2.43 bits per heavy atom. The quantitative estimate of drug-likeness (QED) is 0.881. The molecule has 2 heterocycles. The summed E-state index contributed by atoms with van der Waals surface area (Å²) in [6.07, 6.45) is 3.48. The average Bonchev–Trinajstić information content (AvgIpc) is 2.74. The summed E-state index contributed by atoms with van der Waals surface area (Å²) in [5, 5.41) is 8.00. The van der Waals surface area contributed by atoms with E-state index in [4.69, 9.17) is 0 Å². The smallest absolute Gasteiger partial charge is 0.0767 e. The molecule has 1 unspecified atom stereocenters. The molecule has 4 heteroatoms. The van der Waals surface area contributed by atoms with Gasteiger partial charge in [0, 0.05) is 7.05 Å². The van der Waals surface area contributed by atoms with Crippen molar-refractivity contribution in [2.24, 2.45) is 7.05 Å². The summed E-state index contributed by atoms with van der Waals surface area (Å²) in [5.74, 6) is 0. The lowest BCUT2D eigenvalue weighted by Gasteiger charge is -2.11. The summed E-state index contributed by atoms with van der Waals surface area (Å²) in [4.78, 5) is 0. The molecule has 1 fully saturated rings. The number of aromatic nitrogens is 2. The molecule has 1 aromatic rings. The van der Waals surface area contributed by atoms with E-state index in [1.165, 1.54) is 23.0 Å². The monoisotopic (exact) mass is 257 g/mol. The molecule has 14 heavy (non-hydrogen) atoms. The van der Waals surface area contributed by atoms with Crippen LogP contribution in [0.2, 0.25) is 0 Å². The van der Waals surface area contributed by atoms with Crippen molar-refractivity contribution in [2.45, 2.75) is 32.2 Å². The molecule has 0 spiro atoms. The SMILES string of the molecule is CCc1nn(C)c(C2CCCN2)c1Br. The highest BCUT2D eigenvalue weighted by atomic mass is 79.9. The van der Waals surface area contributed by atoms with Crippen LogP contribution < -0.4 is 5.32 Å². The molecule has 2 rings (SSSR count). The number of aryl methyl sites for hydroxylation is 2. The molecule has 0 saturated carbocycles. The molecule has 0 amide bonds. The Kier molecular flexibility index (Phi) is 2.93. The normalized spacial score (nSPS) is 21.8. The van der Waals surface area contributed by atoms with Crippen LogP contribution in [-0.4, -0.2) is 16.3 Å². The van der Waals surface area contributed by atoms with Gasteiger partial charge >= 0.3 is 0 Å². The van der Waals surface area contributed by atoms with Crippen LogP contribution in [0.15, 0.2) is 4.47 Å². The zero-order valence-electron chi connectivity index (χ0n) is 8.68. The van der Waals surface area contributed by atoms with Crippen LogP contribution >= 0.6 is 15.9 Å². The molecule has 1 aliphatic rings. The largest absolute Gasteiger partial charge is 0.309 e. The van der Waals surface area contributed by atoms with Crippen molar-refractivity contribution < 1.29 is 0 Å². The lowest BCUT2D eigenvalue weighted by Crippen LogP contribution is -2.16. The van der Waals surface area contributed by atoms with E-state index in [1.54, 1.807) is 0 Å². The minimum absolute atomic E-state index is 0.488. The average molecular weight is 258 g/mol. The summed E-state index contributed by atoms with van der Waals surface area (Å²) < 4.78 is 3.20. The van der Waals surface area contributed by atoms with Gasteiger partial charge in [-0.05, 0) is 41.7 Å². The Morgan fingerprint density at radius 1 is 1.64 bits per heavy atom. The van der Waals surface area contributed by atoms with Crippen molar-refractivity contribution in [3.63, 3.8) is 0 Å². The maximum Gasteiger partial charge on any atom is 0.0767 e. The zero-order valence-corrected chi connectivity index (χ0v) is 10.3. The zero-order chi connectivity index (χ0) is 10.1. The first-order chi connectivity index (χ1) is 6.74. The van der Waals surface area contributed by atoms with Crippen molar-refractivity contribution in [2.75, 3.05) is 6.54 Å². The highest BCUT2D eigenvalue weighted by Crippen LogP contribution is 2.31. The first-order valence-corrected chi connectivity index (χ1v) is 5.98. The summed E-state index contributed by atoms with van der Waals surface area (Å²) in [7, 11) is 2.03. The third kappa shape index (κ3) is 1.61. The minimum atomic E-state index is 0.488. The number of nitrogens with one attached hydrogen (secondary N) is 1. The molecule has 0 radical (unpaired) electrons. The second-order valence-electron chi connectivity index (χ2n) is 3.77.